The molecular formula is Eu4O12Si3. The first-order valence-electron chi connectivity index (χ1n) is 2.45. The van der Waals surface area contributed by atoms with Gasteiger partial charge in [0.2, 0.25) is 0 Å². The molecule has 19 heteroatoms. The number of rotatable bonds is 0. The second kappa shape index (κ2) is 22.5. The third kappa shape index (κ3) is 293. The van der Waals surface area contributed by atoms with Gasteiger partial charge in [0.15, 0.2) is 0 Å². The molecule has 0 saturated heterocycles. The molecule has 0 aromatic rings. The van der Waals surface area contributed by atoms with Crippen molar-refractivity contribution in [1.82, 2.24) is 0 Å². The third-order valence-electron chi connectivity index (χ3n) is 0. The van der Waals surface area contributed by atoms with Gasteiger partial charge in [0, 0.05) is 0 Å². The fraction of sp³-hybridized carbons (Fsp3) is 0. The van der Waals surface area contributed by atoms with Crippen LogP contribution in [0.2, 0.25) is 0 Å². The smallest absolute Gasteiger partial charge is 0.894 e. The van der Waals surface area contributed by atoms with Crippen LogP contribution in [-0.4, -0.2) is 27.1 Å². The van der Waals surface area contributed by atoms with Crippen LogP contribution < -0.4 is 57.5 Å². The van der Waals surface area contributed by atoms with Crippen LogP contribution in [0.4, 0.5) is 0 Å². The Balaban J connectivity index is -0.0000000206. The first-order chi connectivity index (χ1) is 6.00. The Kier molecular flexibility index (Phi) is 53.1. The Morgan fingerprint density at radius 1 is 0.263 bits per heavy atom. The molecule has 19 heavy (non-hydrogen) atoms. The number of hydrogen-bond acceptors (Lipinski definition) is 12. The Morgan fingerprint density at radius 2 is 0.263 bits per heavy atom. The normalized spacial score (nSPS) is 9.47. The van der Waals surface area contributed by atoms with Gasteiger partial charge in [0.25, 0.3) is 0 Å². The molecule has 0 amide bonds. The predicted octanol–water partition coefficient (Wildman–Crippen LogP) is -15.4. The van der Waals surface area contributed by atoms with Gasteiger partial charge in [0.05, 0.1) is 0 Å². The summed E-state index contributed by atoms with van der Waals surface area (Å²) in [6, 6.07) is 0. The molecule has 12 nitrogen and oxygen atoms in total. The van der Waals surface area contributed by atoms with Crippen LogP contribution in [0.25, 0.3) is 0 Å². The zero-order valence-corrected chi connectivity index (χ0v) is 20.6. The summed E-state index contributed by atoms with van der Waals surface area (Å²) in [7, 11) is -16.8. The zero-order valence-electron chi connectivity index (χ0n) is 7.91. The predicted molar refractivity (Wildman–Crippen MR) is 17.3 cm³/mol. The second-order valence-corrected chi connectivity index (χ2v) is 4.50. The molecule has 0 bridgehead atoms. The van der Waals surface area contributed by atoms with E-state index in [1.807, 2.05) is 0 Å². The van der Waals surface area contributed by atoms with Crippen molar-refractivity contribution in [2.75, 3.05) is 0 Å². The molecular weight excluding hydrogens is 884 g/mol. The molecule has 0 atom stereocenters. The Hall–Kier alpha value is 6.51. The van der Waals surface area contributed by atoms with Crippen molar-refractivity contribution < 1.29 is 255 Å². The van der Waals surface area contributed by atoms with Gasteiger partial charge >= 0.3 is 198 Å². The van der Waals surface area contributed by atoms with E-state index in [-0.39, 0.29) is 198 Å². The molecule has 0 aromatic heterocycles. The molecule has 112 valence electrons. The first-order valence-corrected chi connectivity index (χ1v) is 7.35. The van der Waals surface area contributed by atoms with Crippen LogP contribution in [-0.2, 0) is 0 Å². The maximum atomic E-state index is 8.58. The topological polar surface area (TPSA) is 277 Å². The third-order valence-corrected chi connectivity index (χ3v) is 0. The molecule has 0 saturated carbocycles. The summed E-state index contributed by atoms with van der Waals surface area (Å²) in [4.78, 5) is 103. The average molecular weight is 884 g/mol. The van der Waals surface area contributed by atoms with Gasteiger partial charge in [-0.05, 0) is 0 Å². The van der Waals surface area contributed by atoms with Crippen LogP contribution in [0, 0.1) is 198 Å². The summed E-state index contributed by atoms with van der Waals surface area (Å²) in [5.41, 5.74) is 0. The van der Waals surface area contributed by atoms with Crippen molar-refractivity contribution in [2.45, 2.75) is 0 Å². The summed E-state index contributed by atoms with van der Waals surface area (Å²) in [6.07, 6.45) is 0. The molecule has 0 N–H and O–H groups in total. The molecule has 0 aliphatic carbocycles. The minimum Gasteiger partial charge on any atom is -0.894 e. The van der Waals surface area contributed by atoms with Gasteiger partial charge < -0.3 is 84.7 Å². The monoisotopic (exact) mass is 888 g/mol. The largest absolute Gasteiger partial charge is 3.00 e. The average Bonchev–Trinajstić information content (AvgIpc) is 1.41. The van der Waals surface area contributed by atoms with Gasteiger partial charge in [-0.1, -0.05) is 0 Å². The molecule has 0 aliphatic rings. The standard InChI is InChI=1S/4Eu.3O4Si/c;;;;3*1-5(2,3)4/q4*+3;3*-4. The Bertz CT molecular complexity index is 100.0. The molecule has 0 heterocycles. The Labute approximate surface area is 274 Å². The van der Waals surface area contributed by atoms with E-state index in [9.17, 15) is 0 Å². The summed E-state index contributed by atoms with van der Waals surface area (Å²) < 4.78 is 0. The van der Waals surface area contributed by atoms with Crippen LogP contribution in [0.3, 0.4) is 0 Å². The van der Waals surface area contributed by atoms with Crippen molar-refractivity contribution >= 4 is 27.1 Å². The van der Waals surface area contributed by atoms with Crippen LogP contribution in [0.1, 0.15) is 0 Å². The molecule has 0 rings (SSSR count). The molecule has 0 unspecified atom stereocenters. The van der Waals surface area contributed by atoms with Crippen molar-refractivity contribution in [2.24, 2.45) is 0 Å². The molecule has 0 aliphatic heterocycles. The van der Waals surface area contributed by atoms with E-state index in [1.54, 1.807) is 0 Å². The van der Waals surface area contributed by atoms with Crippen LogP contribution in [0.15, 0.2) is 0 Å². The summed E-state index contributed by atoms with van der Waals surface area (Å²) in [5, 5.41) is 0. The van der Waals surface area contributed by atoms with Crippen molar-refractivity contribution in [3.63, 3.8) is 0 Å². The van der Waals surface area contributed by atoms with Crippen molar-refractivity contribution in [1.29, 1.82) is 0 Å². The summed E-state index contributed by atoms with van der Waals surface area (Å²) >= 11 is 0. The van der Waals surface area contributed by atoms with Crippen LogP contribution in [0.5, 0.6) is 0 Å². The zero-order chi connectivity index (χ0) is 13.5. The maximum absolute atomic E-state index is 8.58. The summed E-state index contributed by atoms with van der Waals surface area (Å²) in [5.74, 6) is 0. The molecule has 0 radical (unpaired) electrons. The number of hydrogen-bond donors (Lipinski definition) is 0. The minimum absolute atomic E-state index is 0. The SMILES string of the molecule is [Eu+3].[Eu+3].[Eu+3].[Eu+3].[O-][Si]([O-])([O-])[O-].[O-][Si]([O-])([O-])[O-].[O-][Si]([O-])([O-])[O-]. The van der Waals surface area contributed by atoms with Gasteiger partial charge in [-0.25, -0.2) is 0 Å². The van der Waals surface area contributed by atoms with Crippen molar-refractivity contribution in [3.8, 4) is 0 Å². The fourth-order valence-corrected chi connectivity index (χ4v) is 0. The van der Waals surface area contributed by atoms with E-state index in [1.165, 1.54) is 0 Å². The minimum atomic E-state index is -5.61. The van der Waals surface area contributed by atoms with E-state index in [0.29, 0.717) is 0 Å². The van der Waals surface area contributed by atoms with E-state index in [4.69, 9.17) is 57.5 Å². The van der Waals surface area contributed by atoms with Gasteiger partial charge in [-0.2, -0.15) is 0 Å². The maximum Gasteiger partial charge on any atom is 3.00 e. The van der Waals surface area contributed by atoms with Crippen LogP contribution >= 0.6 is 0 Å². The Morgan fingerprint density at radius 3 is 0.263 bits per heavy atom. The quantitative estimate of drug-likeness (QED) is 0.205. The first kappa shape index (κ1) is 44.7. The van der Waals surface area contributed by atoms with Gasteiger partial charge in [0.1, 0.15) is 0 Å². The molecule has 0 spiro atoms. The van der Waals surface area contributed by atoms with E-state index in [0.717, 1.165) is 0 Å². The second-order valence-electron chi connectivity index (χ2n) is 1.50. The van der Waals surface area contributed by atoms with Gasteiger partial charge in [-0.3, -0.25) is 0 Å². The van der Waals surface area contributed by atoms with E-state index in [2.05, 4.69) is 0 Å². The molecule has 0 aromatic carbocycles. The molecule has 0 fully saturated rings. The van der Waals surface area contributed by atoms with E-state index < -0.39 is 27.1 Å². The fourth-order valence-electron chi connectivity index (χ4n) is 0. The summed E-state index contributed by atoms with van der Waals surface area (Å²) in [6.45, 7) is 0. The van der Waals surface area contributed by atoms with E-state index >= 15 is 0 Å². The van der Waals surface area contributed by atoms with Gasteiger partial charge in [-0.15, -0.1) is 0 Å². The van der Waals surface area contributed by atoms with Crippen molar-refractivity contribution in [3.05, 3.63) is 0 Å².